The molecular weight excluding hydrogens is 268 g/mol. The summed E-state index contributed by atoms with van der Waals surface area (Å²) in [4.78, 5) is 14.3. The fraction of sp³-hybridized carbons (Fsp3) is 0.562. The average Bonchev–Trinajstić information content (AvgIpc) is 2.54. The van der Waals surface area contributed by atoms with E-state index in [4.69, 9.17) is 4.74 Å². The molecule has 1 fully saturated rings. The summed E-state index contributed by atoms with van der Waals surface area (Å²) < 4.78 is 5.46. The quantitative estimate of drug-likeness (QED) is 0.863. The Kier molecular flexibility index (Phi) is 5.59. The van der Waals surface area contributed by atoms with E-state index in [-0.39, 0.29) is 11.9 Å². The number of anilines is 1. The Morgan fingerprint density at radius 3 is 2.95 bits per heavy atom. The van der Waals surface area contributed by atoms with Crippen molar-refractivity contribution in [2.45, 2.75) is 32.4 Å². The number of morpholine rings is 1. The minimum absolute atomic E-state index is 0.0296. The van der Waals surface area contributed by atoms with Gasteiger partial charge in [0.1, 0.15) is 6.04 Å². The van der Waals surface area contributed by atoms with Crippen LogP contribution in [0, 0.1) is 0 Å². The molecule has 1 saturated heterocycles. The maximum absolute atomic E-state index is 12.2. The highest BCUT2D eigenvalue weighted by Crippen LogP contribution is 2.30. The molecule has 116 valence electrons. The number of rotatable bonds is 5. The Hall–Kier alpha value is -1.59. The first kappa shape index (κ1) is 15.8. The molecule has 0 aromatic heterocycles. The molecule has 2 unspecified atom stereocenters. The second kappa shape index (κ2) is 7.43. The van der Waals surface area contributed by atoms with Gasteiger partial charge in [-0.2, -0.15) is 0 Å². The summed E-state index contributed by atoms with van der Waals surface area (Å²) in [5.41, 5.74) is 1.79. The molecular formula is C16H24N2O3. The number of carbonyl (C=O) groups is 1. The number of benzene rings is 1. The largest absolute Gasteiger partial charge is 0.388 e. The molecule has 21 heavy (non-hydrogen) atoms. The lowest BCUT2D eigenvalue weighted by Crippen LogP contribution is -2.54. The number of aliphatic hydroxyl groups excluding tert-OH is 1. The summed E-state index contributed by atoms with van der Waals surface area (Å²) in [6.07, 6.45) is 0.131. The van der Waals surface area contributed by atoms with Crippen molar-refractivity contribution in [1.82, 2.24) is 5.32 Å². The monoisotopic (exact) mass is 292 g/mol. The van der Waals surface area contributed by atoms with Gasteiger partial charge >= 0.3 is 0 Å². The van der Waals surface area contributed by atoms with Crippen molar-refractivity contribution in [2.24, 2.45) is 0 Å². The number of ether oxygens (including phenoxy) is 1. The molecule has 2 atom stereocenters. The molecule has 0 bridgehead atoms. The van der Waals surface area contributed by atoms with Crippen LogP contribution >= 0.6 is 0 Å². The number of likely N-dealkylation sites (N-methyl/N-ethyl adjacent to an activating group) is 1. The molecule has 0 radical (unpaired) electrons. The summed E-state index contributed by atoms with van der Waals surface area (Å²) in [6, 6.07) is 7.40. The number of nitrogens with one attached hydrogen (secondary N) is 1. The Labute approximate surface area is 125 Å². The normalized spacial score (nSPS) is 20.1. The van der Waals surface area contributed by atoms with Crippen molar-refractivity contribution < 1.29 is 14.6 Å². The van der Waals surface area contributed by atoms with Gasteiger partial charge in [0.25, 0.3) is 0 Å². The van der Waals surface area contributed by atoms with Crippen molar-refractivity contribution in [2.75, 3.05) is 31.2 Å². The lowest BCUT2D eigenvalue weighted by Gasteiger charge is -2.37. The molecule has 1 aliphatic rings. The molecule has 1 heterocycles. The Morgan fingerprint density at radius 2 is 2.24 bits per heavy atom. The highest BCUT2D eigenvalue weighted by Gasteiger charge is 2.31. The topological polar surface area (TPSA) is 61.8 Å². The minimum Gasteiger partial charge on any atom is -0.388 e. The van der Waals surface area contributed by atoms with Crippen LogP contribution in [0.1, 0.15) is 31.9 Å². The summed E-state index contributed by atoms with van der Waals surface area (Å²) in [7, 11) is 0. The fourth-order valence-electron chi connectivity index (χ4n) is 2.65. The molecule has 1 aromatic carbocycles. The van der Waals surface area contributed by atoms with E-state index in [1.54, 1.807) is 0 Å². The van der Waals surface area contributed by atoms with Crippen LogP contribution in [0.3, 0.4) is 0 Å². The zero-order chi connectivity index (χ0) is 15.2. The molecule has 1 amide bonds. The molecule has 1 aliphatic heterocycles. The average molecular weight is 292 g/mol. The highest BCUT2D eigenvalue weighted by atomic mass is 16.5. The van der Waals surface area contributed by atoms with Gasteiger partial charge in [-0.05, 0) is 19.4 Å². The number of carbonyl (C=O) groups excluding carboxylic acids is 1. The van der Waals surface area contributed by atoms with E-state index in [2.05, 4.69) is 5.32 Å². The zero-order valence-electron chi connectivity index (χ0n) is 12.7. The molecule has 5 heteroatoms. The third kappa shape index (κ3) is 3.54. The van der Waals surface area contributed by atoms with Gasteiger partial charge in [-0.25, -0.2) is 0 Å². The number of hydrogen-bond acceptors (Lipinski definition) is 4. The first-order valence-corrected chi connectivity index (χ1v) is 7.58. The lowest BCUT2D eigenvalue weighted by atomic mass is 10.0. The van der Waals surface area contributed by atoms with Crippen molar-refractivity contribution in [3.05, 3.63) is 29.8 Å². The van der Waals surface area contributed by atoms with Crippen LogP contribution in [0.4, 0.5) is 5.69 Å². The van der Waals surface area contributed by atoms with Crippen molar-refractivity contribution in [1.29, 1.82) is 0 Å². The van der Waals surface area contributed by atoms with E-state index in [1.807, 2.05) is 43.0 Å². The summed E-state index contributed by atoms with van der Waals surface area (Å²) >= 11 is 0. The van der Waals surface area contributed by atoms with E-state index in [0.717, 1.165) is 11.3 Å². The van der Waals surface area contributed by atoms with Gasteiger partial charge in [0.2, 0.25) is 5.91 Å². The second-order valence-electron chi connectivity index (χ2n) is 5.16. The molecule has 0 saturated carbocycles. The van der Waals surface area contributed by atoms with E-state index in [9.17, 15) is 9.90 Å². The standard InChI is InChI=1S/C16H24N2O3/c1-3-15(19)12-7-5-6-8-13(12)18-9-10-21-11-14(18)16(20)17-4-2/h5-8,14-15,19H,3-4,9-11H2,1-2H3,(H,17,20). The third-order valence-corrected chi connectivity index (χ3v) is 3.77. The Balaban J connectivity index is 2.31. The van der Waals surface area contributed by atoms with Crippen LogP contribution in [-0.4, -0.2) is 43.4 Å². The maximum Gasteiger partial charge on any atom is 0.245 e. The van der Waals surface area contributed by atoms with Gasteiger partial charge in [0.15, 0.2) is 0 Å². The van der Waals surface area contributed by atoms with Gasteiger partial charge < -0.3 is 20.1 Å². The van der Waals surface area contributed by atoms with E-state index in [1.165, 1.54) is 0 Å². The molecule has 0 aliphatic carbocycles. The first-order valence-electron chi connectivity index (χ1n) is 7.58. The molecule has 1 aromatic rings. The number of para-hydroxylation sites is 1. The van der Waals surface area contributed by atoms with E-state index >= 15 is 0 Å². The van der Waals surface area contributed by atoms with Crippen LogP contribution in [0.25, 0.3) is 0 Å². The van der Waals surface area contributed by atoms with Crippen molar-refractivity contribution in [3.63, 3.8) is 0 Å². The fourth-order valence-corrected chi connectivity index (χ4v) is 2.65. The SMILES string of the molecule is CCNC(=O)C1COCCN1c1ccccc1C(O)CC. The maximum atomic E-state index is 12.2. The Morgan fingerprint density at radius 1 is 1.48 bits per heavy atom. The minimum atomic E-state index is -0.515. The first-order chi connectivity index (χ1) is 10.2. The van der Waals surface area contributed by atoms with Gasteiger partial charge in [-0.1, -0.05) is 25.1 Å². The smallest absolute Gasteiger partial charge is 0.245 e. The van der Waals surface area contributed by atoms with Crippen LogP contribution in [0.2, 0.25) is 0 Å². The second-order valence-corrected chi connectivity index (χ2v) is 5.16. The van der Waals surface area contributed by atoms with Crippen molar-refractivity contribution >= 4 is 11.6 Å². The van der Waals surface area contributed by atoms with Crippen LogP contribution in [0.5, 0.6) is 0 Å². The summed E-state index contributed by atoms with van der Waals surface area (Å²) in [6.45, 7) is 6.06. The lowest BCUT2D eigenvalue weighted by molar-refractivity contribution is -0.124. The number of nitrogens with zero attached hydrogens (tertiary/aromatic N) is 1. The number of aliphatic hydroxyl groups is 1. The number of amides is 1. The Bertz CT molecular complexity index is 478. The summed E-state index contributed by atoms with van der Waals surface area (Å²) in [5.74, 6) is -0.0296. The van der Waals surface area contributed by atoms with Crippen molar-refractivity contribution in [3.8, 4) is 0 Å². The van der Waals surface area contributed by atoms with Crippen LogP contribution in [-0.2, 0) is 9.53 Å². The van der Waals surface area contributed by atoms with Gasteiger partial charge in [0, 0.05) is 24.3 Å². The molecule has 0 spiro atoms. The molecule has 5 nitrogen and oxygen atoms in total. The van der Waals surface area contributed by atoms with E-state index < -0.39 is 6.10 Å². The third-order valence-electron chi connectivity index (χ3n) is 3.77. The predicted molar refractivity (Wildman–Crippen MR) is 82.3 cm³/mol. The zero-order valence-corrected chi connectivity index (χ0v) is 12.7. The highest BCUT2D eigenvalue weighted by molar-refractivity contribution is 5.86. The van der Waals surface area contributed by atoms with E-state index in [0.29, 0.717) is 32.7 Å². The molecule has 2 rings (SSSR count). The van der Waals surface area contributed by atoms with Gasteiger partial charge in [-0.15, -0.1) is 0 Å². The van der Waals surface area contributed by atoms with Gasteiger partial charge in [0.05, 0.1) is 19.3 Å². The predicted octanol–water partition coefficient (Wildman–Crippen LogP) is 1.47. The van der Waals surface area contributed by atoms with Gasteiger partial charge in [-0.3, -0.25) is 4.79 Å². The number of hydrogen-bond donors (Lipinski definition) is 2. The summed E-state index contributed by atoms with van der Waals surface area (Å²) in [5, 5.41) is 13.1. The van der Waals surface area contributed by atoms with Crippen LogP contribution in [0.15, 0.2) is 24.3 Å². The molecule has 2 N–H and O–H groups in total. The van der Waals surface area contributed by atoms with Crippen LogP contribution < -0.4 is 10.2 Å².